The van der Waals surface area contributed by atoms with Crippen molar-refractivity contribution < 1.29 is 13.9 Å². The lowest BCUT2D eigenvalue weighted by Crippen LogP contribution is -2.38. The SMILES string of the molecule is CCN(CCCNCc1ccc(Br)c(F)c1)C(=O)OC(C)(C)C. The molecule has 0 fully saturated rings. The number of nitrogens with zero attached hydrogens (tertiary/aromatic N) is 1. The van der Waals surface area contributed by atoms with E-state index in [1.54, 1.807) is 11.0 Å². The predicted octanol–water partition coefficient (Wildman–Crippen LogP) is 4.32. The van der Waals surface area contributed by atoms with Crippen LogP contribution in [0, 0.1) is 5.82 Å². The van der Waals surface area contributed by atoms with Crippen LogP contribution in [0.1, 0.15) is 39.7 Å². The molecule has 0 atom stereocenters. The molecular formula is C17H26BrFN2O2. The van der Waals surface area contributed by atoms with Gasteiger partial charge in [-0.25, -0.2) is 9.18 Å². The van der Waals surface area contributed by atoms with Crippen LogP contribution in [0.3, 0.4) is 0 Å². The summed E-state index contributed by atoms with van der Waals surface area (Å²) in [6, 6.07) is 5.09. The number of ether oxygens (including phenoxy) is 1. The fraction of sp³-hybridized carbons (Fsp3) is 0.588. The van der Waals surface area contributed by atoms with Gasteiger partial charge in [0.25, 0.3) is 0 Å². The Morgan fingerprint density at radius 3 is 2.65 bits per heavy atom. The van der Waals surface area contributed by atoms with E-state index in [2.05, 4.69) is 21.2 Å². The molecule has 0 saturated carbocycles. The Hall–Kier alpha value is -1.14. The predicted molar refractivity (Wildman–Crippen MR) is 93.9 cm³/mol. The summed E-state index contributed by atoms with van der Waals surface area (Å²) in [5, 5.41) is 3.25. The zero-order valence-corrected chi connectivity index (χ0v) is 15.9. The maximum Gasteiger partial charge on any atom is 0.410 e. The Labute approximate surface area is 146 Å². The minimum atomic E-state index is -0.478. The Morgan fingerprint density at radius 2 is 2.09 bits per heavy atom. The number of hydrogen-bond acceptors (Lipinski definition) is 3. The van der Waals surface area contributed by atoms with Crippen molar-refractivity contribution in [3.63, 3.8) is 0 Å². The molecule has 0 unspecified atom stereocenters. The first kappa shape index (κ1) is 19.9. The van der Waals surface area contributed by atoms with Gasteiger partial charge in [0, 0.05) is 19.6 Å². The summed E-state index contributed by atoms with van der Waals surface area (Å²) in [5.74, 6) is -0.258. The van der Waals surface area contributed by atoms with Gasteiger partial charge in [0.05, 0.1) is 4.47 Å². The molecule has 0 bridgehead atoms. The lowest BCUT2D eigenvalue weighted by molar-refractivity contribution is 0.0258. The van der Waals surface area contributed by atoms with Gasteiger partial charge in [-0.1, -0.05) is 6.07 Å². The first-order chi connectivity index (χ1) is 10.7. The topological polar surface area (TPSA) is 41.6 Å². The third-order valence-corrected chi connectivity index (χ3v) is 3.77. The van der Waals surface area contributed by atoms with E-state index in [4.69, 9.17) is 4.74 Å². The number of amides is 1. The highest BCUT2D eigenvalue weighted by molar-refractivity contribution is 9.10. The third-order valence-electron chi connectivity index (χ3n) is 3.13. The van der Waals surface area contributed by atoms with Crippen LogP contribution in [0.2, 0.25) is 0 Å². The van der Waals surface area contributed by atoms with Gasteiger partial charge in [-0.15, -0.1) is 0 Å². The molecule has 1 aromatic carbocycles. The summed E-state index contributed by atoms with van der Waals surface area (Å²) in [5.41, 5.74) is 0.416. The fourth-order valence-corrected chi connectivity index (χ4v) is 2.23. The summed E-state index contributed by atoms with van der Waals surface area (Å²) in [6.45, 7) is 10.1. The Kier molecular flexibility index (Phi) is 7.99. The van der Waals surface area contributed by atoms with Crippen LogP contribution < -0.4 is 5.32 Å². The third kappa shape index (κ3) is 7.79. The molecule has 0 heterocycles. The second kappa shape index (κ2) is 9.23. The molecule has 0 saturated heterocycles. The van der Waals surface area contributed by atoms with Crippen LogP contribution in [0.5, 0.6) is 0 Å². The second-order valence-corrected chi connectivity index (χ2v) is 7.19. The van der Waals surface area contributed by atoms with E-state index < -0.39 is 5.60 Å². The summed E-state index contributed by atoms with van der Waals surface area (Å²) in [6.07, 6.45) is 0.529. The molecule has 0 aliphatic heterocycles. The zero-order valence-electron chi connectivity index (χ0n) is 14.3. The number of halogens is 2. The maximum atomic E-state index is 13.4. The molecule has 1 N–H and O–H groups in total. The zero-order chi connectivity index (χ0) is 17.5. The minimum absolute atomic E-state index is 0.258. The molecule has 0 aliphatic carbocycles. The van der Waals surface area contributed by atoms with Crippen LogP contribution in [0.25, 0.3) is 0 Å². The normalized spacial score (nSPS) is 11.4. The molecule has 4 nitrogen and oxygen atoms in total. The van der Waals surface area contributed by atoms with E-state index in [-0.39, 0.29) is 11.9 Å². The number of rotatable bonds is 7. The van der Waals surface area contributed by atoms with Crippen molar-refractivity contribution in [1.82, 2.24) is 10.2 Å². The Bertz CT molecular complexity index is 518. The molecule has 0 spiro atoms. The molecule has 6 heteroatoms. The maximum absolute atomic E-state index is 13.4. The summed E-state index contributed by atoms with van der Waals surface area (Å²) in [4.78, 5) is 13.7. The molecule has 1 aromatic rings. The van der Waals surface area contributed by atoms with Crippen LogP contribution in [0.4, 0.5) is 9.18 Å². The van der Waals surface area contributed by atoms with E-state index in [9.17, 15) is 9.18 Å². The highest BCUT2D eigenvalue weighted by Crippen LogP contribution is 2.16. The quantitative estimate of drug-likeness (QED) is 0.706. The van der Waals surface area contributed by atoms with E-state index in [0.717, 1.165) is 18.5 Å². The second-order valence-electron chi connectivity index (χ2n) is 6.34. The van der Waals surface area contributed by atoms with Gasteiger partial charge >= 0.3 is 6.09 Å². The van der Waals surface area contributed by atoms with Crippen LogP contribution in [-0.4, -0.2) is 36.2 Å². The molecule has 0 aliphatic rings. The lowest BCUT2D eigenvalue weighted by Gasteiger charge is -2.26. The van der Waals surface area contributed by atoms with Crippen molar-refractivity contribution in [1.29, 1.82) is 0 Å². The van der Waals surface area contributed by atoms with Gasteiger partial charge < -0.3 is 15.0 Å². The average molecular weight is 389 g/mol. The van der Waals surface area contributed by atoms with Crippen molar-refractivity contribution in [2.45, 2.75) is 46.3 Å². The smallest absolute Gasteiger partial charge is 0.410 e. The van der Waals surface area contributed by atoms with Gasteiger partial charge in [-0.2, -0.15) is 0 Å². The van der Waals surface area contributed by atoms with Crippen molar-refractivity contribution >= 4 is 22.0 Å². The monoisotopic (exact) mass is 388 g/mol. The largest absolute Gasteiger partial charge is 0.444 e. The molecule has 23 heavy (non-hydrogen) atoms. The molecule has 0 radical (unpaired) electrons. The van der Waals surface area contributed by atoms with Gasteiger partial charge in [0.2, 0.25) is 0 Å². The van der Waals surface area contributed by atoms with Gasteiger partial charge in [0.15, 0.2) is 0 Å². The first-order valence-electron chi connectivity index (χ1n) is 7.85. The molecular weight excluding hydrogens is 363 g/mol. The van der Waals surface area contributed by atoms with Gasteiger partial charge in [-0.3, -0.25) is 0 Å². The van der Waals surface area contributed by atoms with E-state index in [0.29, 0.717) is 24.1 Å². The summed E-state index contributed by atoms with van der Waals surface area (Å²) < 4.78 is 19.2. The van der Waals surface area contributed by atoms with Crippen molar-refractivity contribution in [3.05, 3.63) is 34.1 Å². The van der Waals surface area contributed by atoms with Crippen LogP contribution in [-0.2, 0) is 11.3 Å². The van der Waals surface area contributed by atoms with Crippen LogP contribution in [0.15, 0.2) is 22.7 Å². The van der Waals surface area contributed by atoms with Crippen molar-refractivity contribution in [2.24, 2.45) is 0 Å². The molecule has 0 aromatic heterocycles. The van der Waals surface area contributed by atoms with Crippen molar-refractivity contribution in [2.75, 3.05) is 19.6 Å². The highest BCUT2D eigenvalue weighted by atomic mass is 79.9. The summed E-state index contributed by atoms with van der Waals surface area (Å²) >= 11 is 3.14. The number of nitrogens with one attached hydrogen (secondary N) is 1. The number of benzene rings is 1. The standard InChI is InChI=1S/C17H26BrFN2O2/c1-5-21(16(22)23-17(2,3)4)10-6-9-20-12-13-7-8-14(18)15(19)11-13/h7-8,11,20H,5-6,9-10,12H2,1-4H3. The number of hydrogen-bond donors (Lipinski definition) is 1. The average Bonchev–Trinajstić information content (AvgIpc) is 2.44. The van der Waals surface area contributed by atoms with Gasteiger partial charge in [0.1, 0.15) is 11.4 Å². The molecule has 1 amide bonds. The van der Waals surface area contributed by atoms with Gasteiger partial charge in [-0.05, 0) is 74.3 Å². The van der Waals surface area contributed by atoms with E-state index in [1.807, 2.05) is 33.8 Å². The number of carbonyl (C=O) groups excluding carboxylic acids is 1. The van der Waals surface area contributed by atoms with Crippen LogP contribution >= 0.6 is 15.9 Å². The lowest BCUT2D eigenvalue weighted by atomic mass is 10.2. The summed E-state index contributed by atoms with van der Waals surface area (Å²) in [7, 11) is 0. The Morgan fingerprint density at radius 1 is 1.39 bits per heavy atom. The Balaban J connectivity index is 2.29. The first-order valence-corrected chi connectivity index (χ1v) is 8.65. The van der Waals surface area contributed by atoms with E-state index >= 15 is 0 Å². The number of carbonyl (C=O) groups is 1. The van der Waals surface area contributed by atoms with E-state index in [1.165, 1.54) is 6.07 Å². The molecule has 1 rings (SSSR count). The van der Waals surface area contributed by atoms with Crippen molar-refractivity contribution in [3.8, 4) is 0 Å². The molecule has 130 valence electrons. The minimum Gasteiger partial charge on any atom is -0.444 e. The highest BCUT2D eigenvalue weighted by Gasteiger charge is 2.20. The fourth-order valence-electron chi connectivity index (χ4n) is 1.98.